The number of rotatable bonds is 65. The van der Waals surface area contributed by atoms with E-state index in [1.807, 2.05) is 0 Å². The Labute approximate surface area is 766 Å². The van der Waals surface area contributed by atoms with E-state index in [0.29, 0.717) is 33.0 Å². The molecule has 28 nitrogen and oxygen atoms in total. The number of ether oxygens (including phenoxy) is 6. The summed E-state index contributed by atoms with van der Waals surface area (Å²) >= 11 is 0. The van der Waals surface area contributed by atoms with Crippen molar-refractivity contribution >= 4 is 116 Å². The van der Waals surface area contributed by atoms with Gasteiger partial charge in [-0.1, -0.05) is 195 Å². The molecule has 28 heteroatoms. The van der Waals surface area contributed by atoms with Crippen molar-refractivity contribution in [1.82, 2.24) is 0 Å². The molecule has 0 aromatic heterocycles. The van der Waals surface area contributed by atoms with Gasteiger partial charge < -0.3 is 76.3 Å². The number of esters is 1. The van der Waals surface area contributed by atoms with Crippen LogP contribution in [0.15, 0.2) is 91.0 Å². The SMILES string of the molecule is CCCCCCCCOCC(C)(C)C(=O)Nc1ccc(NC(=O)c2cc(NC(=O)c3cc([N+](=O)[O-])ccc3NC(=O)C(C)(C)COCCCCCCCC)ccc2NC(=O)C(C)(C)COCCCCCCCC)cc1C(=O)Nc1ccc(NC(=O)C(C)(C)COCCCCCCCC)c(C(=O)Nc2ccc(NC(=O)C(C)(C)COCCCCCCCC)c(C(=O)OC)c2)c1. The zero-order valence-corrected chi connectivity index (χ0v) is 80.2. The first-order valence-corrected chi connectivity index (χ1v) is 47.1. The van der Waals surface area contributed by atoms with Crippen molar-refractivity contribution in [3.63, 3.8) is 0 Å². The molecule has 5 aromatic carbocycles. The standard InChI is InChI=1S/C101H152N10O18/c1-17-22-27-32-37-42-57-125-67-97(6,7)92(117)106-82-52-47-72(102-88(113)78-64-74(49-54-83(78)107-93(118)98(8,9)68-126-58-43-38-33-28-23-18-2)104-90(115)80-66-76(111(122)123)51-56-85(80)109-95(120)100(12,13)70-128-60-45-40-35-30-25-20-4)62-77(82)87(112)103-73-48-53-84(108-94(119)99(10,11)69-127-59-44-39-34-29-24-19-3)79(63-73)89(114)105-75-50-55-86(81(65-75)91(116)124-16)110-96(121)101(14,15)71-129-61-46-41-36-31-26-21-5/h47-56,62-66H,17-46,57-61,67-71H2,1-16H3,(H,102,113)(H,103,112)(H,104,115)(H,105,114)(H,106,117)(H,107,118)(H,108,119)(H,109,120)(H,110,121). The number of carbonyl (C=O) groups is 10. The third kappa shape index (κ3) is 38.9. The average molecular weight is 1790 g/mol. The van der Waals surface area contributed by atoms with Gasteiger partial charge in [0, 0.05) is 67.9 Å². The molecule has 0 aliphatic rings. The minimum Gasteiger partial charge on any atom is -0.465 e. The first-order chi connectivity index (χ1) is 61.5. The quantitative estimate of drug-likeness (QED) is 0.00755. The number of nitro groups is 1. The molecular formula is C101H152N10O18. The van der Waals surface area contributed by atoms with Crippen LogP contribution < -0.4 is 47.9 Å². The van der Waals surface area contributed by atoms with Crippen LogP contribution in [-0.2, 0) is 52.4 Å². The summed E-state index contributed by atoms with van der Waals surface area (Å²) in [6, 6.07) is 20.1. The van der Waals surface area contributed by atoms with Crippen LogP contribution in [0, 0.1) is 37.2 Å². The van der Waals surface area contributed by atoms with Crippen LogP contribution in [0.2, 0.25) is 0 Å². The molecule has 9 N–H and O–H groups in total. The van der Waals surface area contributed by atoms with Crippen molar-refractivity contribution in [2.24, 2.45) is 27.1 Å². The monoisotopic (exact) mass is 1790 g/mol. The number of nitrogens with one attached hydrogen (secondary N) is 9. The minimum atomic E-state index is -1.18. The van der Waals surface area contributed by atoms with E-state index >= 15 is 14.4 Å². The molecule has 0 radical (unpaired) electrons. The molecule has 0 saturated carbocycles. The van der Waals surface area contributed by atoms with E-state index in [9.17, 15) is 43.7 Å². The van der Waals surface area contributed by atoms with Gasteiger partial charge in [-0.05, 0) is 180 Å². The maximum atomic E-state index is 15.5. The smallest absolute Gasteiger partial charge is 0.340 e. The lowest BCUT2D eigenvalue weighted by molar-refractivity contribution is -0.384. The molecule has 9 amide bonds. The molecule has 0 bridgehead atoms. The third-order valence-electron chi connectivity index (χ3n) is 22.5. The topological polar surface area (TPSA) is 377 Å². The van der Waals surface area contributed by atoms with E-state index in [2.05, 4.69) is 82.5 Å². The molecule has 0 heterocycles. The van der Waals surface area contributed by atoms with E-state index in [0.717, 1.165) is 198 Å². The first-order valence-electron chi connectivity index (χ1n) is 47.1. The predicted molar refractivity (Wildman–Crippen MR) is 515 cm³/mol. The zero-order chi connectivity index (χ0) is 95.0. The molecule has 0 fully saturated rings. The fourth-order valence-corrected chi connectivity index (χ4v) is 13.8. The lowest BCUT2D eigenvalue weighted by Crippen LogP contribution is -2.36. The number of methoxy groups -OCH3 is 1. The number of hydrogen-bond acceptors (Lipinski definition) is 18. The molecule has 714 valence electrons. The van der Waals surface area contributed by atoms with Gasteiger partial charge in [0.2, 0.25) is 29.5 Å². The molecule has 0 spiro atoms. The van der Waals surface area contributed by atoms with Crippen molar-refractivity contribution in [1.29, 1.82) is 0 Å². The molecule has 129 heavy (non-hydrogen) atoms. The zero-order valence-electron chi connectivity index (χ0n) is 80.2. The number of benzene rings is 5. The Morgan fingerprint density at radius 1 is 0.271 bits per heavy atom. The minimum absolute atomic E-state index is 0.00573. The predicted octanol–water partition coefficient (Wildman–Crippen LogP) is 23.1. The number of unbranched alkanes of at least 4 members (excludes halogenated alkanes) is 25. The normalized spacial score (nSPS) is 11.8. The summed E-state index contributed by atoms with van der Waals surface area (Å²) < 4.78 is 35.3. The number of nitrogens with zero attached hydrogens (tertiary/aromatic N) is 1. The number of hydrogen-bond donors (Lipinski definition) is 9. The Kier molecular flexibility index (Phi) is 48.6. The maximum Gasteiger partial charge on any atom is 0.340 e. The van der Waals surface area contributed by atoms with Crippen LogP contribution in [0.5, 0.6) is 0 Å². The Morgan fingerprint density at radius 3 is 0.682 bits per heavy atom. The Bertz CT molecular complexity index is 4420. The molecule has 0 aliphatic carbocycles. The van der Waals surface area contributed by atoms with Gasteiger partial charge in [-0.2, -0.15) is 0 Å². The Balaban J connectivity index is 1.61. The molecule has 0 aliphatic heterocycles. The Morgan fingerprint density at radius 2 is 0.465 bits per heavy atom. The van der Waals surface area contributed by atoms with Crippen molar-refractivity contribution in [2.45, 2.75) is 296 Å². The second-order valence-electron chi connectivity index (χ2n) is 37.1. The molecule has 0 saturated heterocycles. The van der Waals surface area contributed by atoms with Crippen molar-refractivity contribution < 1.29 is 81.3 Å². The van der Waals surface area contributed by atoms with Crippen LogP contribution in [0.4, 0.5) is 56.9 Å². The summed E-state index contributed by atoms with van der Waals surface area (Å²) in [5.74, 6) is -6.90. The van der Waals surface area contributed by atoms with Crippen molar-refractivity contribution in [2.75, 3.05) is 121 Å². The second-order valence-corrected chi connectivity index (χ2v) is 37.1. The van der Waals surface area contributed by atoms with Gasteiger partial charge in [0.25, 0.3) is 29.3 Å². The molecule has 5 aromatic rings. The van der Waals surface area contributed by atoms with Gasteiger partial charge in [-0.3, -0.25) is 53.3 Å². The highest BCUT2D eigenvalue weighted by Crippen LogP contribution is 2.35. The highest BCUT2D eigenvalue weighted by atomic mass is 16.6. The van der Waals surface area contributed by atoms with E-state index in [1.165, 1.54) is 92.4 Å². The molecular weight excluding hydrogens is 1640 g/mol. The van der Waals surface area contributed by atoms with Crippen LogP contribution in [0.1, 0.15) is 348 Å². The summed E-state index contributed by atoms with van der Waals surface area (Å²) in [6.45, 7) is 30.2. The lowest BCUT2D eigenvalue weighted by atomic mass is 9.93. The van der Waals surface area contributed by atoms with Crippen LogP contribution in [0.3, 0.4) is 0 Å². The van der Waals surface area contributed by atoms with E-state index in [1.54, 1.807) is 69.2 Å². The summed E-state index contributed by atoms with van der Waals surface area (Å²) in [4.78, 5) is 157. The number of carbonyl (C=O) groups excluding carboxylic acids is 10. The number of non-ortho nitro benzene ring substituents is 1. The average Bonchev–Trinajstić information content (AvgIpc) is 0.816. The van der Waals surface area contributed by atoms with Gasteiger partial charge in [0.05, 0.1) is 128 Å². The van der Waals surface area contributed by atoms with Gasteiger partial charge in [0.15, 0.2) is 0 Å². The highest BCUT2D eigenvalue weighted by molar-refractivity contribution is 6.17. The molecule has 0 atom stereocenters. The van der Waals surface area contributed by atoms with Crippen LogP contribution >= 0.6 is 0 Å². The maximum absolute atomic E-state index is 15.5. The van der Waals surface area contributed by atoms with Gasteiger partial charge >= 0.3 is 5.97 Å². The lowest BCUT2D eigenvalue weighted by Gasteiger charge is -2.25. The van der Waals surface area contributed by atoms with Gasteiger partial charge in [-0.25, -0.2) is 4.79 Å². The molecule has 0 unspecified atom stereocenters. The number of nitro benzene ring substituents is 1. The fourth-order valence-electron chi connectivity index (χ4n) is 13.8. The summed E-state index contributed by atoms with van der Waals surface area (Å²) in [5.41, 5.74) is -7.13. The summed E-state index contributed by atoms with van der Waals surface area (Å²) in [5, 5.41) is 37.9. The van der Waals surface area contributed by atoms with Crippen LogP contribution in [-0.4, -0.2) is 137 Å². The van der Waals surface area contributed by atoms with E-state index in [4.69, 9.17) is 28.4 Å². The first kappa shape index (κ1) is 110. The summed E-state index contributed by atoms with van der Waals surface area (Å²) in [7, 11) is 1.18. The summed E-state index contributed by atoms with van der Waals surface area (Å²) in [6.07, 6.45) is 31.3. The number of amides is 9. The highest BCUT2D eigenvalue weighted by Gasteiger charge is 2.36. The van der Waals surface area contributed by atoms with Gasteiger partial charge in [0.1, 0.15) is 0 Å². The van der Waals surface area contributed by atoms with Crippen molar-refractivity contribution in [3.8, 4) is 0 Å². The van der Waals surface area contributed by atoms with Crippen molar-refractivity contribution in [3.05, 3.63) is 129 Å². The fraction of sp³-hybridized carbons (Fsp3) is 0.604. The van der Waals surface area contributed by atoms with E-state index in [-0.39, 0.29) is 112 Å². The third-order valence-corrected chi connectivity index (χ3v) is 22.5. The van der Waals surface area contributed by atoms with E-state index < -0.39 is 96.8 Å². The molecule has 5 rings (SSSR count). The Hall–Kier alpha value is -10.0. The van der Waals surface area contributed by atoms with Crippen LogP contribution in [0.25, 0.3) is 0 Å². The number of anilines is 9. The second kappa shape index (κ2) is 57.2. The largest absolute Gasteiger partial charge is 0.465 e. The van der Waals surface area contributed by atoms with Gasteiger partial charge in [-0.15, -0.1) is 0 Å².